The Morgan fingerprint density at radius 1 is 0.957 bits per heavy atom. The first kappa shape index (κ1) is 15.5. The maximum Gasteiger partial charge on any atom is 0.125 e. The molecule has 1 N–H and O–H groups in total. The molecule has 1 aromatic carbocycles. The molecule has 0 amide bonds. The van der Waals surface area contributed by atoms with Crippen molar-refractivity contribution in [2.75, 3.05) is 7.11 Å². The monoisotopic (exact) mass is 370 g/mol. The Balaban J connectivity index is 2.16. The van der Waals surface area contributed by atoms with E-state index in [1.54, 1.807) is 19.2 Å². The first-order valence-corrected chi connectivity index (χ1v) is 7.85. The van der Waals surface area contributed by atoms with Gasteiger partial charge in [0.1, 0.15) is 16.1 Å². The minimum atomic E-state index is 0.193. The molecule has 0 fully saturated rings. The number of aryl methyl sites for hydroxylation is 1. The van der Waals surface area contributed by atoms with E-state index in [0.717, 1.165) is 15.9 Å². The van der Waals surface area contributed by atoms with Crippen LogP contribution in [0.25, 0.3) is 22.6 Å². The second kappa shape index (κ2) is 6.38. The van der Waals surface area contributed by atoms with E-state index in [4.69, 9.17) is 4.74 Å². The normalized spacial score (nSPS) is 10.6. The molecule has 0 atom stereocenters. The fraction of sp³-hybridized carbons (Fsp3) is 0.111. The van der Waals surface area contributed by atoms with Crippen LogP contribution in [0.2, 0.25) is 0 Å². The largest absolute Gasteiger partial charge is 0.507 e. The summed E-state index contributed by atoms with van der Waals surface area (Å²) in [5, 5.41) is 10.2. The molecule has 0 saturated heterocycles. The summed E-state index contributed by atoms with van der Waals surface area (Å²) in [6, 6.07) is 14.8. The number of hydrogen-bond donors (Lipinski definition) is 1. The lowest BCUT2D eigenvalue weighted by Gasteiger charge is -2.10. The lowest BCUT2D eigenvalue weighted by atomic mass is 10.1. The number of ether oxygens (including phenoxy) is 1. The summed E-state index contributed by atoms with van der Waals surface area (Å²) in [5.41, 5.74) is 3.69. The van der Waals surface area contributed by atoms with E-state index in [1.807, 2.05) is 43.3 Å². The zero-order valence-corrected chi connectivity index (χ0v) is 14.3. The summed E-state index contributed by atoms with van der Waals surface area (Å²) in [5.74, 6) is 0.852. The van der Waals surface area contributed by atoms with Gasteiger partial charge in [-0.25, -0.2) is 9.97 Å². The molecule has 5 heteroatoms. The lowest BCUT2D eigenvalue weighted by molar-refractivity contribution is 0.414. The second-order valence-corrected chi connectivity index (χ2v) is 5.96. The molecule has 23 heavy (non-hydrogen) atoms. The maximum atomic E-state index is 10.2. The van der Waals surface area contributed by atoms with Gasteiger partial charge in [0.25, 0.3) is 0 Å². The summed E-state index contributed by atoms with van der Waals surface area (Å²) in [6.07, 6.45) is 0. The van der Waals surface area contributed by atoms with Crippen molar-refractivity contribution in [2.24, 2.45) is 0 Å². The average molecular weight is 371 g/mol. The van der Waals surface area contributed by atoms with Gasteiger partial charge in [0.2, 0.25) is 0 Å². The Morgan fingerprint density at radius 2 is 1.74 bits per heavy atom. The number of aromatic nitrogens is 2. The molecular weight excluding hydrogens is 356 g/mol. The molecule has 2 heterocycles. The summed E-state index contributed by atoms with van der Waals surface area (Å²) >= 11 is 3.37. The van der Waals surface area contributed by atoms with Crippen molar-refractivity contribution in [2.45, 2.75) is 6.92 Å². The molecule has 0 unspecified atom stereocenters. The number of benzene rings is 1. The fourth-order valence-corrected chi connectivity index (χ4v) is 2.65. The van der Waals surface area contributed by atoms with Crippen LogP contribution in [0, 0.1) is 6.92 Å². The Kier molecular flexibility index (Phi) is 4.30. The van der Waals surface area contributed by atoms with E-state index in [9.17, 15) is 5.11 Å². The number of methoxy groups -OCH3 is 1. The third kappa shape index (κ3) is 3.35. The highest BCUT2D eigenvalue weighted by Crippen LogP contribution is 2.33. The van der Waals surface area contributed by atoms with Crippen LogP contribution < -0.4 is 4.74 Å². The van der Waals surface area contributed by atoms with Gasteiger partial charge in [-0.2, -0.15) is 0 Å². The number of aromatic hydroxyl groups is 1. The molecule has 0 aliphatic rings. The average Bonchev–Trinajstić information content (AvgIpc) is 2.54. The Hall–Kier alpha value is -2.40. The van der Waals surface area contributed by atoms with Gasteiger partial charge in [-0.1, -0.05) is 12.1 Å². The zero-order valence-electron chi connectivity index (χ0n) is 12.7. The van der Waals surface area contributed by atoms with Gasteiger partial charge in [-0.3, -0.25) is 0 Å². The van der Waals surface area contributed by atoms with Gasteiger partial charge < -0.3 is 9.84 Å². The predicted molar refractivity (Wildman–Crippen MR) is 93.6 cm³/mol. The van der Waals surface area contributed by atoms with Gasteiger partial charge in [-0.15, -0.1) is 0 Å². The lowest BCUT2D eigenvalue weighted by Crippen LogP contribution is -1.94. The van der Waals surface area contributed by atoms with Crippen molar-refractivity contribution in [1.29, 1.82) is 0 Å². The van der Waals surface area contributed by atoms with E-state index in [2.05, 4.69) is 25.9 Å². The highest BCUT2D eigenvalue weighted by atomic mass is 79.9. The van der Waals surface area contributed by atoms with Crippen molar-refractivity contribution < 1.29 is 9.84 Å². The van der Waals surface area contributed by atoms with Crippen LogP contribution in [0.3, 0.4) is 0 Å². The molecule has 4 nitrogen and oxygen atoms in total. The number of pyridine rings is 2. The van der Waals surface area contributed by atoms with E-state index in [0.29, 0.717) is 22.7 Å². The number of halogens is 1. The van der Waals surface area contributed by atoms with Crippen LogP contribution in [0.1, 0.15) is 5.56 Å². The molecule has 0 radical (unpaired) electrons. The van der Waals surface area contributed by atoms with Gasteiger partial charge in [-0.05, 0) is 52.7 Å². The fourth-order valence-electron chi connectivity index (χ4n) is 2.30. The third-order valence-corrected chi connectivity index (χ3v) is 3.88. The Morgan fingerprint density at radius 3 is 2.43 bits per heavy atom. The molecule has 0 spiro atoms. The minimum Gasteiger partial charge on any atom is -0.507 e. The molecule has 2 aromatic heterocycles. The molecule has 116 valence electrons. The van der Waals surface area contributed by atoms with Crippen molar-refractivity contribution in [3.05, 3.63) is 58.7 Å². The van der Waals surface area contributed by atoms with Crippen molar-refractivity contribution in [1.82, 2.24) is 9.97 Å². The molecule has 3 aromatic rings. The smallest absolute Gasteiger partial charge is 0.125 e. The number of phenols is 1. The Labute approximate surface area is 142 Å². The van der Waals surface area contributed by atoms with Crippen LogP contribution in [-0.4, -0.2) is 22.2 Å². The van der Waals surface area contributed by atoms with E-state index < -0.39 is 0 Å². The number of hydrogen-bond acceptors (Lipinski definition) is 4. The molecular formula is C18H15BrN2O2. The first-order valence-electron chi connectivity index (χ1n) is 7.06. The predicted octanol–water partition coefficient (Wildman–Crippen LogP) is 4.60. The molecule has 0 saturated carbocycles. The van der Waals surface area contributed by atoms with Crippen molar-refractivity contribution in [3.8, 4) is 34.1 Å². The second-order valence-electron chi connectivity index (χ2n) is 5.14. The zero-order chi connectivity index (χ0) is 16.4. The van der Waals surface area contributed by atoms with Crippen molar-refractivity contribution in [3.63, 3.8) is 0 Å². The van der Waals surface area contributed by atoms with Gasteiger partial charge >= 0.3 is 0 Å². The van der Waals surface area contributed by atoms with Crippen LogP contribution in [0.5, 0.6) is 11.5 Å². The molecule has 3 rings (SSSR count). The van der Waals surface area contributed by atoms with Gasteiger partial charge in [0.15, 0.2) is 0 Å². The molecule has 0 aliphatic heterocycles. The summed E-state index contributed by atoms with van der Waals surface area (Å²) < 4.78 is 6.11. The quantitative estimate of drug-likeness (QED) is 0.684. The van der Waals surface area contributed by atoms with Crippen LogP contribution in [-0.2, 0) is 0 Å². The van der Waals surface area contributed by atoms with Gasteiger partial charge in [0, 0.05) is 17.7 Å². The van der Waals surface area contributed by atoms with E-state index >= 15 is 0 Å². The maximum absolute atomic E-state index is 10.2. The van der Waals surface area contributed by atoms with Crippen LogP contribution in [0.4, 0.5) is 0 Å². The highest BCUT2D eigenvalue weighted by Gasteiger charge is 2.11. The molecule has 0 bridgehead atoms. The topological polar surface area (TPSA) is 55.2 Å². The highest BCUT2D eigenvalue weighted by molar-refractivity contribution is 9.10. The number of rotatable bonds is 3. The van der Waals surface area contributed by atoms with E-state index in [1.165, 1.54) is 0 Å². The summed E-state index contributed by atoms with van der Waals surface area (Å²) in [7, 11) is 1.60. The first-order chi connectivity index (χ1) is 11.1. The summed E-state index contributed by atoms with van der Waals surface area (Å²) in [6.45, 7) is 1.93. The summed E-state index contributed by atoms with van der Waals surface area (Å²) in [4.78, 5) is 9.06. The number of nitrogens with zero attached hydrogens (tertiary/aromatic N) is 2. The van der Waals surface area contributed by atoms with Crippen LogP contribution >= 0.6 is 15.9 Å². The minimum absolute atomic E-state index is 0.193. The van der Waals surface area contributed by atoms with E-state index in [-0.39, 0.29) is 5.75 Å². The third-order valence-electron chi connectivity index (χ3n) is 3.44. The van der Waals surface area contributed by atoms with Gasteiger partial charge in [0.05, 0.1) is 24.2 Å². The molecule has 0 aliphatic carbocycles. The standard InChI is InChI=1S/C18H15BrN2O2/c1-11-6-7-13(17(22)8-11)15-9-12(23-2)10-16(20-15)14-4-3-5-18(19)21-14/h3-10,22H,1-2H3. The SMILES string of the molecule is COc1cc(-c2cccc(Br)n2)nc(-c2ccc(C)cc2O)c1. The van der Waals surface area contributed by atoms with Crippen LogP contribution in [0.15, 0.2) is 53.1 Å². The van der Waals surface area contributed by atoms with Crippen molar-refractivity contribution >= 4 is 15.9 Å². The number of phenolic OH excluding ortho intramolecular Hbond substituents is 1. The Bertz CT molecular complexity index is 865.